The second kappa shape index (κ2) is 13.9. The first-order valence-electron chi connectivity index (χ1n) is 18.2. The van der Waals surface area contributed by atoms with Crippen LogP contribution in [0, 0.1) is 5.92 Å². The van der Waals surface area contributed by atoms with Gasteiger partial charge in [0.2, 0.25) is 0 Å². The molecule has 6 aromatic rings. The Morgan fingerprint density at radius 2 is 0.796 bits per heavy atom. The Balaban J connectivity index is 1.36. The molecule has 0 N–H and O–H groups in total. The highest BCUT2D eigenvalue weighted by atomic mass is 16.6. The van der Waals surface area contributed by atoms with Gasteiger partial charge in [0.1, 0.15) is 6.61 Å². The molecule has 0 atom stereocenters. The lowest BCUT2D eigenvalue weighted by molar-refractivity contribution is 0.0525. The molecule has 2 heteroatoms. The summed E-state index contributed by atoms with van der Waals surface area (Å²) < 4.78 is 3.82. The molecule has 0 amide bonds. The summed E-state index contributed by atoms with van der Waals surface area (Å²) in [6, 6.07) is 60.8. The second-order valence-electron chi connectivity index (χ2n) is 14.1. The summed E-state index contributed by atoms with van der Waals surface area (Å²) in [6.07, 6.45) is 6.16. The zero-order valence-corrected chi connectivity index (χ0v) is 28.6. The van der Waals surface area contributed by atoms with Crippen molar-refractivity contribution in [2.45, 2.75) is 38.5 Å². The average Bonchev–Trinajstić information content (AvgIpc) is 3.19. The monoisotopic (exact) mass is 636 g/mol. The van der Waals surface area contributed by atoms with Gasteiger partial charge in [0.25, 0.3) is 0 Å². The van der Waals surface area contributed by atoms with Gasteiger partial charge in [-0.05, 0) is 52.1 Å². The predicted molar refractivity (Wildman–Crippen MR) is 211 cm³/mol. The number of benzene rings is 6. The van der Waals surface area contributed by atoms with Gasteiger partial charge in [-0.15, -0.1) is 16.4 Å². The quantitative estimate of drug-likeness (QED) is 0.121. The molecular formula is C47H45BO. The lowest BCUT2D eigenvalue weighted by Crippen LogP contribution is -2.68. The Kier molecular flexibility index (Phi) is 8.90. The molecule has 0 bridgehead atoms. The fourth-order valence-electron chi connectivity index (χ4n) is 8.96. The fraction of sp³-hybridized carbons (Fsp3) is 0.191. The molecule has 49 heavy (non-hydrogen) atoms. The van der Waals surface area contributed by atoms with Crippen molar-refractivity contribution in [3.05, 3.63) is 175 Å². The third-order valence-corrected chi connectivity index (χ3v) is 11.4. The highest BCUT2D eigenvalue weighted by molar-refractivity contribution is 7.11. The van der Waals surface area contributed by atoms with Crippen LogP contribution in [0.2, 0.25) is 0 Å². The Morgan fingerprint density at radius 1 is 0.429 bits per heavy atom. The van der Waals surface area contributed by atoms with Crippen LogP contribution in [0.3, 0.4) is 0 Å². The molecule has 1 fully saturated rings. The normalized spacial score (nSPS) is 16.8. The van der Waals surface area contributed by atoms with Crippen LogP contribution in [0.25, 0.3) is 38.9 Å². The third-order valence-electron chi connectivity index (χ3n) is 11.4. The minimum absolute atomic E-state index is 0.625. The van der Waals surface area contributed by atoms with E-state index in [-0.39, 0.29) is 0 Å². The number of hydrogen-bond donors (Lipinski definition) is 0. The minimum atomic E-state index is -1.53. The summed E-state index contributed by atoms with van der Waals surface area (Å²) >= 11 is 0. The van der Waals surface area contributed by atoms with Gasteiger partial charge in [-0.1, -0.05) is 194 Å². The van der Waals surface area contributed by atoms with Crippen LogP contribution in [0.1, 0.15) is 44.1 Å². The van der Waals surface area contributed by atoms with Gasteiger partial charge >= 0.3 is 6.35 Å². The van der Waals surface area contributed by atoms with E-state index in [1.165, 1.54) is 87.4 Å². The highest BCUT2D eigenvalue weighted by Gasteiger charge is 2.50. The molecule has 6 aromatic carbocycles. The van der Waals surface area contributed by atoms with Crippen LogP contribution in [0.5, 0.6) is 0 Å². The van der Waals surface area contributed by atoms with Crippen LogP contribution < -0.4 is 10.9 Å². The molecule has 1 saturated carbocycles. The Morgan fingerprint density at radius 3 is 1.22 bits per heavy atom. The standard InChI is InChI=1S/C47H45BO/c1-49-35-34-46(42-20-12-5-13-21-42)47(43-24-22-39(23-25-43)36-14-6-2-7-15-36)48(49,44-30-26-40(27-31-44)37-16-8-3-9-17-37)45-32-28-41(29-33-45)38-18-10-4-11-19-38/h2-4,6-11,14-19,22-33,42H,5,12-13,20-21,34-35H2,1H3. The SMILES string of the molecule is C[O+]1CCC(C2CCCCC2)=C(c2ccc(-c3ccccc3)cc2)[B-]1(c1ccc(-c2ccccc2)cc1)c1ccc(-c2ccccc2)cc1. The largest absolute Gasteiger partial charge is 0.662 e. The van der Waals surface area contributed by atoms with Crippen molar-refractivity contribution in [2.24, 2.45) is 5.92 Å². The molecule has 1 aliphatic carbocycles. The first-order valence-corrected chi connectivity index (χ1v) is 18.2. The molecule has 0 saturated heterocycles. The van der Waals surface area contributed by atoms with Gasteiger partial charge < -0.3 is 4.28 Å². The Bertz CT molecular complexity index is 1920. The topological polar surface area (TPSA) is 2.70 Å². The van der Waals surface area contributed by atoms with Gasteiger partial charge in [-0.25, -0.2) is 0 Å². The molecular weight excluding hydrogens is 591 g/mol. The van der Waals surface area contributed by atoms with Gasteiger partial charge in [0.15, 0.2) is 0 Å². The Labute approximate surface area is 292 Å². The van der Waals surface area contributed by atoms with E-state index in [1.54, 1.807) is 5.57 Å². The highest BCUT2D eigenvalue weighted by Crippen LogP contribution is 2.45. The Hall–Kier alpha value is -4.92. The van der Waals surface area contributed by atoms with Crippen LogP contribution in [-0.4, -0.2) is 20.1 Å². The number of rotatable bonds is 7. The van der Waals surface area contributed by atoms with Gasteiger partial charge in [-0.3, -0.25) is 0 Å². The van der Waals surface area contributed by atoms with E-state index in [1.807, 2.05) is 0 Å². The van der Waals surface area contributed by atoms with E-state index in [4.69, 9.17) is 0 Å². The van der Waals surface area contributed by atoms with Gasteiger partial charge in [0.05, 0.1) is 7.11 Å². The summed E-state index contributed by atoms with van der Waals surface area (Å²) in [4.78, 5) is 0. The minimum Gasteiger partial charge on any atom is -0.662 e. The molecule has 0 spiro atoms. The maximum atomic E-state index is 3.82. The molecule has 2 aliphatic rings. The summed E-state index contributed by atoms with van der Waals surface area (Å²) in [7, 11) is 2.30. The maximum Gasteiger partial charge on any atom is 0.377 e. The molecule has 0 radical (unpaired) electrons. The zero-order chi connectivity index (χ0) is 33.0. The van der Waals surface area contributed by atoms with Crippen molar-refractivity contribution in [3.63, 3.8) is 0 Å². The van der Waals surface area contributed by atoms with Crippen molar-refractivity contribution in [2.75, 3.05) is 13.7 Å². The van der Waals surface area contributed by atoms with E-state index in [9.17, 15) is 0 Å². The van der Waals surface area contributed by atoms with Gasteiger partial charge in [0, 0.05) is 6.42 Å². The lowest BCUT2D eigenvalue weighted by Gasteiger charge is -2.53. The van der Waals surface area contributed by atoms with E-state index in [2.05, 4.69) is 175 Å². The van der Waals surface area contributed by atoms with Crippen LogP contribution in [0.4, 0.5) is 0 Å². The van der Waals surface area contributed by atoms with Crippen molar-refractivity contribution in [1.29, 1.82) is 0 Å². The van der Waals surface area contributed by atoms with Crippen molar-refractivity contribution < 1.29 is 4.28 Å². The van der Waals surface area contributed by atoms with Crippen LogP contribution in [0.15, 0.2) is 169 Å². The summed E-state index contributed by atoms with van der Waals surface area (Å²) in [5.74, 6) is 0.625. The summed E-state index contributed by atoms with van der Waals surface area (Å²) in [5, 5.41) is 0. The van der Waals surface area contributed by atoms with E-state index >= 15 is 0 Å². The first kappa shape index (κ1) is 31.4. The zero-order valence-electron chi connectivity index (χ0n) is 28.6. The van der Waals surface area contributed by atoms with E-state index in [0.717, 1.165) is 13.0 Å². The molecule has 0 unspecified atom stereocenters. The lowest BCUT2D eigenvalue weighted by atomic mass is 9.25. The smallest absolute Gasteiger partial charge is 0.377 e. The fourth-order valence-corrected chi connectivity index (χ4v) is 8.96. The summed E-state index contributed by atoms with van der Waals surface area (Å²) in [5.41, 5.74) is 14.8. The average molecular weight is 637 g/mol. The molecule has 242 valence electrons. The van der Waals surface area contributed by atoms with Crippen molar-refractivity contribution in [3.8, 4) is 33.4 Å². The molecule has 1 aliphatic heterocycles. The molecule has 8 rings (SSSR count). The van der Waals surface area contributed by atoms with Crippen molar-refractivity contribution in [1.82, 2.24) is 0 Å². The first-order chi connectivity index (χ1) is 24.2. The molecule has 1 heterocycles. The number of hydrogen-bond acceptors (Lipinski definition) is 0. The van der Waals surface area contributed by atoms with Crippen LogP contribution in [-0.2, 0) is 4.28 Å². The molecule has 0 aromatic heterocycles. The van der Waals surface area contributed by atoms with Gasteiger partial charge in [-0.2, -0.15) is 0 Å². The van der Waals surface area contributed by atoms with E-state index in [0.29, 0.717) is 5.92 Å². The molecule has 1 nitrogen and oxygen atoms in total. The predicted octanol–water partition coefficient (Wildman–Crippen LogP) is 10.9. The maximum absolute atomic E-state index is 3.82. The van der Waals surface area contributed by atoms with E-state index < -0.39 is 6.35 Å². The van der Waals surface area contributed by atoms with Crippen LogP contribution >= 0.6 is 0 Å². The summed E-state index contributed by atoms with van der Waals surface area (Å²) in [6.45, 7) is 0.971. The second-order valence-corrected chi connectivity index (χ2v) is 14.1. The third kappa shape index (κ3) is 6.00. The van der Waals surface area contributed by atoms with Crippen molar-refractivity contribution >= 4 is 22.7 Å².